The van der Waals surface area contributed by atoms with Crippen LogP contribution in [0.25, 0.3) is 0 Å². The minimum absolute atomic E-state index is 0.0478. The molecule has 0 saturated heterocycles. The SMILES string of the molecule is Cc1cccc(Nc2nc(C(=O)N(CCc3ccccc3)Cc3ccccc3)cs2)c1. The molecular weight excluding hydrogens is 402 g/mol. The first-order chi connectivity index (χ1) is 15.2. The summed E-state index contributed by atoms with van der Waals surface area (Å²) in [5.41, 5.74) is 4.95. The quantitative estimate of drug-likeness (QED) is 0.371. The third kappa shape index (κ3) is 5.80. The van der Waals surface area contributed by atoms with Crippen LogP contribution in [-0.2, 0) is 13.0 Å². The zero-order valence-corrected chi connectivity index (χ0v) is 18.3. The van der Waals surface area contributed by atoms with Crippen LogP contribution in [0.2, 0.25) is 0 Å². The lowest BCUT2D eigenvalue weighted by atomic mass is 10.1. The standard InChI is InChI=1S/C26H25N3OS/c1-20-9-8-14-23(17-20)27-26-28-24(19-31-26)25(30)29(18-22-12-6-3-7-13-22)16-15-21-10-4-2-5-11-21/h2-14,17,19H,15-16,18H2,1H3,(H,27,28). The molecule has 0 aliphatic carbocycles. The Bertz CT molecular complexity index is 1130. The number of carbonyl (C=O) groups excluding carboxylic acids is 1. The average molecular weight is 428 g/mol. The number of nitrogens with one attached hydrogen (secondary N) is 1. The number of aryl methyl sites for hydroxylation is 1. The van der Waals surface area contributed by atoms with E-state index >= 15 is 0 Å². The summed E-state index contributed by atoms with van der Waals surface area (Å²) in [7, 11) is 0. The first kappa shape index (κ1) is 20.8. The number of aromatic nitrogens is 1. The molecule has 0 fully saturated rings. The van der Waals surface area contributed by atoms with Gasteiger partial charge in [-0.05, 0) is 42.2 Å². The van der Waals surface area contributed by atoms with E-state index in [1.807, 2.05) is 58.8 Å². The fraction of sp³-hybridized carbons (Fsp3) is 0.154. The van der Waals surface area contributed by atoms with Gasteiger partial charge in [-0.2, -0.15) is 0 Å². The Hall–Kier alpha value is -3.44. The molecule has 0 spiro atoms. The summed E-state index contributed by atoms with van der Waals surface area (Å²) in [4.78, 5) is 19.8. The lowest BCUT2D eigenvalue weighted by molar-refractivity contribution is 0.0740. The second-order valence-electron chi connectivity index (χ2n) is 7.48. The Balaban J connectivity index is 1.50. The summed E-state index contributed by atoms with van der Waals surface area (Å²) in [6.45, 7) is 3.25. The maximum absolute atomic E-state index is 13.3. The van der Waals surface area contributed by atoms with Crippen molar-refractivity contribution in [3.8, 4) is 0 Å². The molecule has 1 N–H and O–H groups in total. The number of anilines is 2. The molecule has 0 saturated carbocycles. The van der Waals surface area contributed by atoms with Crippen LogP contribution in [0.5, 0.6) is 0 Å². The van der Waals surface area contributed by atoms with Crippen molar-refractivity contribution >= 4 is 28.1 Å². The van der Waals surface area contributed by atoms with Crippen LogP contribution >= 0.6 is 11.3 Å². The van der Waals surface area contributed by atoms with E-state index in [-0.39, 0.29) is 5.91 Å². The molecule has 4 aromatic rings. The summed E-state index contributed by atoms with van der Waals surface area (Å²) >= 11 is 1.45. The first-order valence-corrected chi connectivity index (χ1v) is 11.2. The summed E-state index contributed by atoms with van der Waals surface area (Å²) < 4.78 is 0. The molecule has 1 heterocycles. The van der Waals surface area contributed by atoms with Gasteiger partial charge < -0.3 is 10.2 Å². The van der Waals surface area contributed by atoms with Crippen molar-refractivity contribution in [3.05, 3.63) is 113 Å². The van der Waals surface area contributed by atoms with Crippen molar-refractivity contribution in [2.24, 2.45) is 0 Å². The van der Waals surface area contributed by atoms with Gasteiger partial charge in [-0.15, -0.1) is 11.3 Å². The van der Waals surface area contributed by atoms with E-state index in [0.29, 0.717) is 18.8 Å². The van der Waals surface area contributed by atoms with Gasteiger partial charge in [-0.25, -0.2) is 4.98 Å². The number of benzene rings is 3. The minimum Gasteiger partial charge on any atom is -0.333 e. The van der Waals surface area contributed by atoms with Crippen LogP contribution < -0.4 is 5.32 Å². The van der Waals surface area contributed by atoms with Crippen molar-refractivity contribution in [3.63, 3.8) is 0 Å². The summed E-state index contributed by atoms with van der Waals surface area (Å²) in [6, 6.07) is 28.5. The Morgan fingerprint density at radius 1 is 0.935 bits per heavy atom. The zero-order chi connectivity index (χ0) is 21.5. The number of carbonyl (C=O) groups is 1. The lowest BCUT2D eigenvalue weighted by Gasteiger charge is -2.22. The van der Waals surface area contributed by atoms with Crippen molar-refractivity contribution in [2.45, 2.75) is 19.9 Å². The van der Waals surface area contributed by atoms with Gasteiger partial charge in [0.15, 0.2) is 5.13 Å². The highest BCUT2D eigenvalue weighted by Crippen LogP contribution is 2.23. The largest absolute Gasteiger partial charge is 0.333 e. The molecule has 0 atom stereocenters. The molecule has 31 heavy (non-hydrogen) atoms. The van der Waals surface area contributed by atoms with E-state index in [9.17, 15) is 4.79 Å². The number of hydrogen-bond donors (Lipinski definition) is 1. The van der Waals surface area contributed by atoms with E-state index in [1.165, 1.54) is 22.5 Å². The van der Waals surface area contributed by atoms with Gasteiger partial charge >= 0.3 is 0 Å². The van der Waals surface area contributed by atoms with E-state index in [0.717, 1.165) is 22.8 Å². The molecule has 4 nitrogen and oxygen atoms in total. The normalized spacial score (nSPS) is 10.6. The van der Waals surface area contributed by atoms with Gasteiger partial charge in [0, 0.05) is 24.2 Å². The van der Waals surface area contributed by atoms with Crippen molar-refractivity contribution in [2.75, 3.05) is 11.9 Å². The van der Waals surface area contributed by atoms with Crippen LogP contribution in [0.3, 0.4) is 0 Å². The molecule has 0 aliphatic rings. The third-order valence-corrected chi connectivity index (χ3v) is 5.77. The molecule has 0 radical (unpaired) electrons. The van der Waals surface area contributed by atoms with E-state index < -0.39 is 0 Å². The minimum atomic E-state index is -0.0478. The molecule has 1 amide bonds. The van der Waals surface area contributed by atoms with Crippen LogP contribution in [0.4, 0.5) is 10.8 Å². The summed E-state index contributed by atoms with van der Waals surface area (Å²) in [5.74, 6) is -0.0478. The van der Waals surface area contributed by atoms with Gasteiger partial charge in [-0.3, -0.25) is 4.79 Å². The van der Waals surface area contributed by atoms with Crippen LogP contribution in [0.15, 0.2) is 90.3 Å². The van der Waals surface area contributed by atoms with E-state index in [4.69, 9.17) is 0 Å². The monoisotopic (exact) mass is 427 g/mol. The Labute approximate surface area is 187 Å². The highest BCUT2D eigenvalue weighted by Gasteiger charge is 2.19. The maximum Gasteiger partial charge on any atom is 0.273 e. The predicted octanol–water partition coefficient (Wildman–Crippen LogP) is 6.08. The van der Waals surface area contributed by atoms with Crippen LogP contribution in [0, 0.1) is 6.92 Å². The number of thiazole rings is 1. The van der Waals surface area contributed by atoms with Crippen molar-refractivity contribution in [1.82, 2.24) is 9.88 Å². The Kier molecular flexibility index (Phi) is 6.75. The zero-order valence-electron chi connectivity index (χ0n) is 17.5. The fourth-order valence-electron chi connectivity index (χ4n) is 3.40. The van der Waals surface area contributed by atoms with Crippen molar-refractivity contribution in [1.29, 1.82) is 0 Å². The molecular formula is C26H25N3OS. The molecule has 0 unspecified atom stereocenters. The maximum atomic E-state index is 13.3. The second-order valence-corrected chi connectivity index (χ2v) is 8.34. The van der Waals surface area contributed by atoms with Crippen LogP contribution in [0.1, 0.15) is 27.2 Å². The van der Waals surface area contributed by atoms with Crippen molar-refractivity contribution < 1.29 is 4.79 Å². The van der Waals surface area contributed by atoms with Gasteiger partial charge in [0.05, 0.1) is 0 Å². The summed E-state index contributed by atoms with van der Waals surface area (Å²) in [6.07, 6.45) is 0.804. The molecule has 5 heteroatoms. The lowest BCUT2D eigenvalue weighted by Crippen LogP contribution is -2.32. The number of amides is 1. The molecule has 156 valence electrons. The number of rotatable bonds is 8. The molecule has 1 aromatic heterocycles. The molecule has 3 aromatic carbocycles. The smallest absolute Gasteiger partial charge is 0.273 e. The Morgan fingerprint density at radius 2 is 1.65 bits per heavy atom. The van der Waals surface area contributed by atoms with E-state index in [2.05, 4.69) is 53.6 Å². The Morgan fingerprint density at radius 3 is 2.35 bits per heavy atom. The number of nitrogens with zero attached hydrogens (tertiary/aromatic N) is 2. The van der Waals surface area contributed by atoms with Crippen LogP contribution in [-0.4, -0.2) is 22.3 Å². The first-order valence-electron chi connectivity index (χ1n) is 10.3. The highest BCUT2D eigenvalue weighted by molar-refractivity contribution is 7.14. The third-order valence-electron chi connectivity index (χ3n) is 5.01. The predicted molar refractivity (Wildman–Crippen MR) is 128 cm³/mol. The van der Waals surface area contributed by atoms with Gasteiger partial charge in [0.25, 0.3) is 5.91 Å². The molecule has 4 rings (SSSR count). The fourth-order valence-corrected chi connectivity index (χ4v) is 4.11. The number of hydrogen-bond acceptors (Lipinski definition) is 4. The van der Waals surface area contributed by atoms with Gasteiger partial charge in [-0.1, -0.05) is 72.8 Å². The average Bonchev–Trinajstić information content (AvgIpc) is 3.26. The van der Waals surface area contributed by atoms with E-state index in [1.54, 1.807) is 0 Å². The second kappa shape index (κ2) is 10.0. The van der Waals surface area contributed by atoms with Gasteiger partial charge in [0.2, 0.25) is 0 Å². The topological polar surface area (TPSA) is 45.2 Å². The van der Waals surface area contributed by atoms with Gasteiger partial charge in [0.1, 0.15) is 5.69 Å². The molecule has 0 bridgehead atoms. The highest BCUT2D eigenvalue weighted by atomic mass is 32.1. The molecule has 0 aliphatic heterocycles. The summed E-state index contributed by atoms with van der Waals surface area (Å²) in [5, 5.41) is 5.86.